The quantitative estimate of drug-likeness (QED) is 0.126. The maximum Gasteiger partial charge on any atom is 0.356 e. The zero-order valence-corrected chi connectivity index (χ0v) is 25.7. The van der Waals surface area contributed by atoms with Crippen LogP contribution in [-0.2, 0) is 31.7 Å². The van der Waals surface area contributed by atoms with Crippen LogP contribution in [0.5, 0.6) is 0 Å². The predicted molar refractivity (Wildman–Crippen MR) is 155 cm³/mol. The van der Waals surface area contributed by atoms with E-state index in [4.69, 9.17) is 9.16 Å². The number of amides is 1. The average Bonchev–Trinajstić information content (AvgIpc) is 3.25. The van der Waals surface area contributed by atoms with E-state index in [1.165, 1.54) is 11.6 Å². The molecule has 0 saturated carbocycles. The molecule has 0 aliphatic carbocycles. The Balaban J connectivity index is 1.80. The van der Waals surface area contributed by atoms with Gasteiger partial charge in [0.15, 0.2) is 14.1 Å². The van der Waals surface area contributed by atoms with Crippen LogP contribution in [-0.4, -0.2) is 70.7 Å². The number of aromatic nitrogens is 2. The summed E-state index contributed by atoms with van der Waals surface area (Å²) in [6.45, 7) is 18.2. The van der Waals surface area contributed by atoms with Gasteiger partial charge < -0.3 is 19.2 Å². The molecule has 1 aromatic carbocycles. The molecule has 1 saturated heterocycles. The maximum absolute atomic E-state index is 13.5. The molecule has 1 amide bonds. The molecule has 0 spiro atoms. The van der Waals surface area contributed by atoms with Crippen molar-refractivity contribution in [1.82, 2.24) is 14.7 Å². The summed E-state index contributed by atoms with van der Waals surface area (Å²) in [5.74, 6) is -2.39. The first-order valence-corrected chi connectivity index (χ1v) is 16.7. The zero-order chi connectivity index (χ0) is 29.8. The molecule has 1 aliphatic rings. The van der Waals surface area contributed by atoms with Crippen molar-refractivity contribution in [2.45, 2.75) is 90.5 Å². The van der Waals surface area contributed by atoms with Gasteiger partial charge in [0.2, 0.25) is 12.1 Å². The lowest BCUT2D eigenvalue weighted by Crippen LogP contribution is -2.70. The number of hydrogen-bond acceptors (Lipinski definition) is 7. The minimum Gasteiger partial charge on any atom is -0.458 e. The lowest BCUT2D eigenvalue weighted by molar-refractivity contribution is -0.195. The van der Waals surface area contributed by atoms with Gasteiger partial charge >= 0.3 is 5.97 Å². The van der Waals surface area contributed by atoms with Crippen LogP contribution in [0.3, 0.4) is 0 Å². The number of benzene rings is 1. The third kappa shape index (κ3) is 6.97. The summed E-state index contributed by atoms with van der Waals surface area (Å²) in [7, 11) is -2.24. The normalized spacial score (nSPS) is 19.1. The Bertz CT molecular complexity index is 1220. The molecule has 3 rings (SSSR count). The van der Waals surface area contributed by atoms with Gasteiger partial charge in [0, 0.05) is 18.7 Å². The molecule has 2 heterocycles. The number of β-lactam (4-membered cyclic amide) rings is 1. The Morgan fingerprint density at radius 2 is 1.88 bits per heavy atom. The number of rotatable bonds is 13. The smallest absolute Gasteiger partial charge is 0.356 e. The molecule has 0 radical (unpaired) electrons. The molecule has 2 aromatic rings. The molecule has 40 heavy (non-hydrogen) atoms. The first-order chi connectivity index (χ1) is 18.7. The van der Waals surface area contributed by atoms with E-state index in [1.54, 1.807) is 10.7 Å². The number of carbonyl (C=O) groups is 3. The van der Waals surface area contributed by atoms with E-state index in [-0.39, 0.29) is 29.5 Å². The summed E-state index contributed by atoms with van der Waals surface area (Å²) in [6.07, 6.45) is -0.304. The lowest BCUT2D eigenvalue weighted by Gasteiger charge is -2.52. The number of ketones is 1. The third-order valence-corrected chi connectivity index (χ3v) is 12.6. The van der Waals surface area contributed by atoms with E-state index < -0.39 is 44.5 Å². The van der Waals surface area contributed by atoms with E-state index in [2.05, 4.69) is 45.5 Å². The Morgan fingerprint density at radius 3 is 2.48 bits per heavy atom. The first-order valence-electron chi connectivity index (χ1n) is 13.7. The van der Waals surface area contributed by atoms with Crippen LogP contribution in [0, 0.1) is 12.8 Å². The van der Waals surface area contributed by atoms with Gasteiger partial charge in [-0.2, -0.15) is 5.10 Å². The second kappa shape index (κ2) is 12.6. The van der Waals surface area contributed by atoms with E-state index in [0.29, 0.717) is 6.54 Å². The molecule has 1 fully saturated rings. The van der Waals surface area contributed by atoms with Crippen molar-refractivity contribution in [3.05, 3.63) is 66.0 Å². The minimum absolute atomic E-state index is 0.0861. The van der Waals surface area contributed by atoms with Gasteiger partial charge in [-0.15, -0.1) is 0 Å². The van der Waals surface area contributed by atoms with Crippen molar-refractivity contribution in [1.29, 1.82) is 0 Å². The van der Waals surface area contributed by atoms with E-state index in [0.717, 1.165) is 17.0 Å². The van der Waals surface area contributed by atoms with Gasteiger partial charge in [-0.25, -0.2) is 4.79 Å². The van der Waals surface area contributed by atoms with Crippen LogP contribution >= 0.6 is 0 Å². The third-order valence-electron chi connectivity index (χ3n) is 8.04. The topological polar surface area (TPSA) is 111 Å². The standard InChI is InChI=1S/C30H43N3O6Si/c1-9-17-38-29(37)28(36)33-24(26(27(33)35)21(3)39-40(7,8)30(4,5)6)19-25(34)23-18-20(2)32(31-23)16-15-22-13-11-10-12-14-22/h9-14,18,21,24,26,28,36H,1,15-17,19H2,2-8H3/t21-,24-,26-,28?/m1/s1. The van der Waals surface area contributed by atoms with Gasteiger partial charge in [0.05, 0.1) is 18.1 Å². The number of carbonyl (C=O) groups excluding carboxylic acids is 3. The summed E-state index contributed by atoms with van der Waals surface area (Å²) in [5.41, 5.74) is 2.30. The molecule has 0 bridgehead atoms. The van der Waals surface area contributed by atoms with Crippen LogP contribution in [0.15, 0.2) is 49.1 Å². The summed E-state index contributed by atoms with van der Waals surface area (Å²) in [6, 6.07) is 11.0. The zero-order valence-electron chi connectivity index (χ0n) is 24.7. The van der Waals surface area contributed by atoms with Crippen molar-refractivity contribution in [2.75, 3.05) is 6.61 Å². The molecule has 9 nitrogen and oxygen atoms in total. The van der Waals surface area contributed by atoms with Crippen LogP contribution in [0.1, 0.15) is 55.9 Å². The molecule has 1 unspecified atom stereocenters. The van der Waals surface area contributed by atoms with Gasteiger partial charge in [-0.05, 0) is 50.0 Å². The highest BCUT2D eigenvalue weighted by atomic mass is 28.4. The Morgan fingerprint density at radius 1 is 1.23 bits per heavy atom. The number of Topliss-reactive ketones (excluding diaryl/α,β-unsaturated/α-hetero) is 1. The number of esters is 1. The Kier molecular flexibility index (Phi) is 9.92. The van der Waals surface area contributed by atoms with Crippen molar-refractivity contribution in [2.24, 2.45) is 5.92 Å². The highest BCUT2D eigenvalue weighted by Gasteiger charge is 2.56. The second-order valence-corrected chi connectivity index (χ2v) is 16.7. The predicted octanol–water partition coefficient (Wildman–Crippen LogP) is 4.29. The summed E-state index contributed by atoms with van der Waals surface area (Å²) in [4.78, 5) is 40.2. The average molecular weight is 570 g/mol. The van der Waals surface area contributed by atoms with Gasteiger partial charge in [0.25, 0.3) is 0 Å². The molecule has 1 aromatic heterocycles. The van der Waals surface area contributed by atoms with Gasteiger partial charge in [0.1, 0.15) is 12.3 Å². The number of likely N-dealkylation sites (tertiary alicyclic amines) is 1. The fourth-order valence-electron chi connectivity index (χ4n) is 4.72. The lowest BCUT2D eigenvalue weighted by atomic mass is 9.80. The summed E-state index contributed by atoms with van der Waals surface area (Å²) >= 11 is 0. The van der Waals surface area contributed by atoms with Crippen molar-refractivity contribution in [3.63, 3.8) is 0 Å². The molecule has 218 valence electrons. The number of hydrogen-bond donors (Lipinski definition) is 1. The van der Waals surface area contributed by atoms with Crippen LogP contribution in [0.2, 0.25) is 18.1 Å². The number of aliphatic hydroxyl groups excluding tert-OH is 1. The number of aryl methyl sites for hydroxylation is 3. The molecule has 1 N–H and O–H groups in total. The fraction of sp³-hybridized carbons (Fsp3) is 0.533. The molecule has 4 atom stereocenters. The van der Waals surface area contributed by atoms with Crippen LogP contribution < -0.4 is 0 Å². The minimum atomic E-state index is -2.24. The van der Waals surface area contributed by atoms with Crippen LogP contribution in [0.25, 0.3) is 0 Å². The van der Waals surface area contributed by atoms with E-state index >= 15 is 0 Å². The van der Waals surface area contributed by atoms with E-state index in [9.17, 15) is 19.5 Å². The number of nitrogens with zero attached hydrogens (tertiary/aromatic N) is 3. The molecule has 10 heteroatoms. The van der Waals surface area contributed by atoms with Gasteiger partial charge in [-0.1, -0.05) is 63.8 Å². The van der Waals surface area contributed by atoms with E-state index in [1.807, 2.05) is 44.2 Å². The van der Waals surface area contributed by atoms with Crippen LogP contribution in [0.4, 0.5) is 0 Å². The Hall–Kier alpha value is -3.08. The number of ether oxygens (including phenoxy) is 1. The largest absolute Gasteiger partial charge is 0.458 e. The fourth-order valence-corrected chi connectivity index (χ4v) is 6.15. The first kappa shape index (κ1) is 31.4. The van der Waals surface area contributed by atoms with Crippen molar-refractivity contribution >= 4 is 26.0 Å². The highest BCUT2D eigenvalue weighted by molar-refractivity contribution is 6.74. The SMILES string of the molecule is C=CCOC(=O)C(O)N1C(=O)[C@H]([C@@H](C)O[Si](C)(C)C(C)(C)C)[C@H]1CC(=O)c1cc(C)n(CCc2ccccc2)n1. The molecular formula is C30H43N3O6Si. The summed E-state index contributed by atoms with van der Waals surface area (Å²) < 4.78 is 13.3. The number of aliphatic hydroxyl groups is 1. The highest BCUT2D eigenvalue weighted by Crippen LogP contribution is 2.41. The van der Waals surface area contributed by atoms with Gasteiger partial charge in [-0.3, -0.25) is 14.3 Å². The second-order valence-electron chi connectivity index (χ2n) is 12.0. The maximum atomic E-state index is 13.5. The van der Waals surface area contributed by atoms with Crippen molar-refractivity contribution in [3.8, 4) is 0 Å². The van der Waals surface area contributed by atoms with Crippen molar-refractivity contribution < 1.29 is 28.7 Å². The Labute approximate surface area is 238 Å². The molecular weight excluding hydrogens is 526 g/mol. The monoisotopic (exact) mass is 569 g/mol. The summed E-state index contributed by atoms with van der Waals surface area (Å²) in [5, 5.41) is 15.2. The molecule has 1 aliphatic heterocycles.